The van der Waals surface area contributed by atoms with Crippen molar-refractivity contribution in [3.63, 3.8) is 0 Å². The fourth-order valence-corrected chi connectivity index (χ4v) is 1.63. The quantitative estimate of drug-likeness (QED) is 0.592. The monoisotopic (exact) mass is 277 g/mol. The van der Waals surface area contributed by atoms with Crippen LogP contribution in [0.2, 0.25) is 0 Å². The Kier molecular flexibility index (Phi) is 1.80. The van der Waals surface area contributed by atoms with Crippen molar-refractivity contribution < 1.29 is 4.42 Å². The van der Waals surface area contributed by atoms with Gasteiger partial charge in [-0.15, -0.1) is 12.6 Å². The van der Waals surface area contributed by atoms with Crippen molar-refractivity contribution in [3.8, 4) is 0 Å². The van der Waals surface area contributed by atoms with Gasteiger partial charge in [0.25, 0.3) is 3.90 Å². The van der Waals surface area contributed by atoms with Crippen molar-refractivity contribution in [3.05, 3.63) is 22.1 Å². The number of oxazole rings is 1. The largest absolute Gasteiger partial charge is 0.432 e. The fourth-order valence-electron chi connectivity index (χ4n) is 0.907. The van der Waals surface area contributed by atoms with Gasteiger partial charge in [0, 0.05) is 27.5 Å². The van der Waals surface area contributed by atoms with Crippen molar-refractivity contribution in [1.82, 2.24) is 4.98 Å². The van der Waals surface area contributed by atoms with Crippen LogP contribution in [0.5, 0.6) is 0 Å². The van der Waals surface area contributed by atoms with Gasteiger partial charge in [0.15, 0.2) is 5.58 Å². The minimum Gasteiger partial charge on any atom is -0.432 e. The van der Waals surface area contributed by atoms with Crippen LogP contribution in [0.25, 0.3) is 11.1 Å². The van der Waals surface area contributed by atoms with E-state index in [0.29, 0.717) is 3.90 Å². The standard InChI is InChI=1S/C7H4INOS/c8-7-9-6-4(10-7)2-1-3-5(6)11/h1-3,11H. The molecule has 2 rings (SSSR count). The lowest BCUT2D eigenvalue weighted by Crippen LogP contribution is -1.70. The second kappa shape index (κ2) is 2.67. The first-order valence-electron chi connectivity index (χ1n) is 3.01. The molecule has 11 heavy (non-hydrogen) atoms. The van der Waals surface area contributed by atoms with E-state index < -0.39 is 0 Å². The zero-order valence-electron chi connectivity index (χ0n) is 5.41. The Hall–Kier alpha value is -0.230. The molecule has 0 spiro atoms. The average Bonchev–Trinajstić information content (AvgIpc) is 2.31. The smallest absolute Gasteiger partial charge is 0.258 e. The lowest BCUT2D eigenvalue weighted by molar-refractivity contribution is 0.566. The molecule has 0 aliphatic heterocycles. The molecule has 0 fully saturated rings. The van der Waals surface area contributed by atoms with Crippen molar-refractivity contribution in [2.75, 3.05) is 0 Å². The molecule has 1 heterocycles. The Morgan fingerprint density at radius 2 is 2.27 bits per heavy atom. The first-order chi connectivity index (χ1) is 5.27. The van der Waals surface area contributed by atoms with Crippen LogP contribution in [0.1, 0.15) is 0 Å². The lowest BCUT2D eigenvalue weighted by atomic mass is 10.3. The highest BCUT2D eigenvalue weighted by Gasteiger charge is 2.03. The lowest BCUT2D eigenvalue weighted by Gasteiger charge is -1.87. The number of benzene rings is 1. The molecule has 0 unspecified atom stereocenters. The van der Waals surface area contributed by atoms with Crippen molar-refractivity contribution in [1.29, 1.82) is 0 Å². The summed E-state index contributed by atoms with van der Waals surface area (Å²) in [5.74, 6) is 0. The van der Waals surface area contributed by atoms with Crippen LogP contribution < -0.4 is 0 Å². The third-order valence-electron chi connectivity index (χ3n) is 1.37. The van der Waals surface area contributed by atoms with Gasteiger partial charge in [0.1, 0.15) is 5.52 Å². The molecule has 0 aliphatic rings. The molecule has 1 aromatic carbocycles. The predicted molar refractivity (Wildman–Crippen MR) is 54.0 cm³/mol. The SMILES string of the molecule is Sc1cccc2oc(I)nc12. The second-order valence-electron chi connectivity index (χ2n) is 2.09. The summed E-state index contributed by atoms with van der Waals surface area (Å²) >= 11 is 6.28. The number of halogens is 1. The number of rotatable bonds is 0. The van der Waals surface area contributed by atoms with Crippen LogP contribution in [-0.2, 0) is 0 Å². The number of aromatic nitrogens is 1. The van der Waals surface area contributed by atoms with Gasteiger partial charge in [-0.25, -0.2) is 4.98 Å². The van der Waals surface area contributed by atoms with Crippen LogP contribution in [-0.4, -0.2) is 4.98 Å². The molecule has 1 aromatic heterocycles. The summed E-state index contributed by atoms with van der Waals surface area (Å²) < 4.78 is 5.93. The van der Waals surface area contributed by atoms with Gasteiger partial charge < -0.3 is 4.42 Å². The van der Waals surface area contributed by atoms with E-state index in [9.17, 15) is 0 Å². The number of hydrogen-bond donors (Lipinski definition) is 1. The van der Waals surface area contributed by atoms with Gasteiger partial charge in [-0.1, -0.05) is 6.07 Å². The van der Waals surface area contributed by atoms with Crippen molar-refractivity contribution >= 4 is 46.3 Å². The van der Waals surface area contributed by atoms with Crippen LogP contribution in [0.4, 0.5) is 0 Å². The molecule has 0 aliphatic carbocycles. The van der Waals surface area contributed by atoms with Gasteiger partial charge in [-0.3, -0.25) is 0 Å². The molecule has 0 saturated heterocycles. The molecular formula is C7H4INOS. The van der Waals surface area contributed by atoms with E-state index in [1.165, 1.54) is 0 Å². The van der Waals surface area contributed by atoms with Crippen molar-refractivity contribution in [2.24, 2.45) is 0 Å². The predicted octanol–water partition coefficient (Wildman–Crippen LogP) is 2.72. The minimum absolute atomic E-state index is 0.652. The van der Waals surface area contributed by atoms with Gasteiger partial charge in [-0.05, 0) is 12.1 Å². The Bertz CT molecular complexity index is 398. The first-order valence-corrected chi connectivity index (χ1v) is 4.54. The van der Waals surface area contributed by atoms with E-state index in [1.807, 2.05) is 40.8 Å². The summed E-state index contributed by atoms with van der Waals surface area (Å²) in [6.07, 6.45) is 0. The maximum Gasteiger partial charge on any atom is 0.258 e. The summed E-state index contributed by atoms with van der Waals surface area (Å²) in [6.45, 7) is 0. The van der Waals surface area contributed by atoms with E-state index in [-0.39, 0.29) is 0 Å². The molecule has 2 nitrogen and oxygen atoms in total. The highest BCUT2D eigenvalue weighted by atomic mass is 127. The van der Waals surface area contributed by atoms with Gasteiger partial charge in [0.2, 0.25) is 0 Å². The number of thiol groups is 1. The second-order valence-corrected chi connectivity index (χ2v) is 3.50. The third kappa shape index (κ3) is 1.24. The first kappa shape index (κ1) is 7.42. The van der Waals surface area contributed by atoms with E-state index in [4.69, 9.17) is 4.42 Å². The molecule has 0 amide bonds. The molecule has 0 radical (unpaired) electrons. The molecule has 4 heteroatoms. The molecule has 0 atom stereocenters. The Labute approximate surface area is 82.5 Å². The topological polar surface area (TPSA) is 26.0 Å². The van der Waals surface area contributed by atoms with E-state index in [0.717, 1.165) is 16.0 Å². The summed E-state index contributed by atoms with van der Waals surface area (Å²) in [6, 6.07) is 5.67. The number of nitrogens with zero attached hydrogens (tertiary/aromatic N) is 1. The highest BCUT2D eigenvalue weighted by molar-refractivity contribution is 14.1. The summed E-state index contributed by atoms with van der Waals surface area (Å²) in [4.78, 5) is 5.01. The number of fused-ring (bicyclic) bond motifs is 1. The third-order valence-corrected chi connectivity index (χ3v) is 2.19. The molecule has 56 valence electrons. The van der Waals surface area contributed by atoms with Gasteiger partial charge in [0.05, 0.1) is 0 Å². The molecule has 0 saturated carbocycles. The molecule has 0 N–H and O–H groups in total. The van der Waals surface area contributed by atoms with Crippen LogP contribution in [0.15, 0.2) is 27.5 Å². The van der Waals surface area contributed by atoms with E-state index in [2.05, 4.69) is 17.6 Å². The van der Waals surface area contributed by atoms with E-state index >= 15 is 0 Å². The maximum absolute atomic E-state index is 5.28. The average molecular weight is 277 g/mol. The zero-order chi connectivity index (χ0) is 7.84. The van der Waals surface area contributed by atoms with Crippen LogP contribution >= 0.6 is 35.2 Å². The summed E-state index contributed by atoms with van der Waals surface area (Å²) in [5, 5.41) is 0. The molecular weight excluding hydrogens is 273 g/mol. The van der Waals surface area contributed by atoms with Crippen LogP contribution in [0, 0.1) is 3.90 Å². The molecule has 2 aromatic rings. The Balaban J connectivity index is 2.90. The van der Waals surface area contributed by atoms with Gasteiger partial charge >= 0.3 is 0 Å². The Morgan fingerprint density at radius 1 is 1.45 bits per heavy atom. The zero-order valence-corrected chi connectivity index (χ0v) is 8.46. The summed E-state index contributed by atoms with van der Waals surface area (Å²) in [7, 11) is 0. The Morgan fingerprint density at radius 3 is 3.00 bits per heavy atom. The number of hydrogen-bond acceptors (Lipinski definition) is 3. The highest BCUT2D eigenvalue weighted by Crippen LogP contribution is 2.22. The normalized spacial score (nSPS) is 10.7. The number of para-hydroxylation sites is 1. The van der Waals surface area contributed by atoms with Crippen molar-refractivity contribution in [2.45, 2.75) is 4.90 Å². The minimum atomic E-state index is 0.652. The van der Waals surface area contributed by atoms with Crippen LogP contribution in [0.3, 0.4) is 0 Å². The summed E-state index contributed by atoms with van der Waals surface area (Å²) in [5.41, 5.74) is 1.63. The van der Waals surface area contributed by atoms with Gasteiger partial charge in [-0.2, -0.15) is 0 Å². The van der Waals surface area contributed by atoms with E-state index in [1.54, 1.807) is 0 Å². The maximum atomic E-state index is 5.28. The fraction of sp³-hybridized carbons (Fsp3) is 0. The molecule has 0 bridgehead atoms.